The molecule has 4 nitrogen and oxygen atoms in total. The van der Waals surface area contributed by atoms with Crippen molar-refractivity contribution in [2.45, 2.75) is 0 Å². The number of hydrogen-bond donors (Lipinski definition) is 1. The number of hydrogen-bond acceptors (Lipinski definition) is 4. The van der Waals surface area contributed by atoms with Gasteiger partial charge < -0.3 is 5.73 Å². The Bertz CT molecular complexity index is 433. The maximum atomic E-state index is 5.40. The van der Waals surface area contributed by atoms with Crippen molar-refractivity contribution in [3.8, 4) is 0 Å². The van der Waals surface area contributed by atoms with Crippen LogP contribution in [0.2, 0.25) is 0 Å². The van der Waals surface area contributed by atoms with E-state index in [1.807, 2.05) is 24.3 Å². The average molecular weight is 160 g/mol. The second-order valence-corrected chi connectivity index (χ2v) is 2.44. The average Bonchev–Trinajstić information content (AvgIpc) is 2.53. The molecule has 0 fully saturated rings. The summed E-state index contributed by atoms with van der Waals surface area (Å²) in [5, 5.41) is 13.1. The third-order valence-electron chi connectivity index (χ3n) is 1.68. The van der Waals surface area contributed by atoms with Crippen molar-refractivity contribution in [1.29, 1.82) is 0 Å². The summed E-state index contributed by atoms with van der Waals surface area (Å²) in [6, 6.07) is 5.74. The molecule has 0 saturated carbocycles. The molecule has 0 radical (unpaired) electrons. The van der Waals surface area contributed by atoms with Gasteiger partial charge in [-0.2, -0.15) is 0 Å². The molecule has 0 amide bonds. The number of nitrogens with two attached hydrogens (primary N) is 1. The molecule has 0 unspecified atom stereocenters. The van der Waals surface area contributed by atoms with Crippen molar-refractivity contribution < 1.29 is 0 Å². The maximum absolute atomic E-state index is 5.40. The summed E-state index contributed by atoms with van der Waals surface area (Å²) in [6.07, 6.45) is 1.90. The van der Waals surface area contributed by atoms with E-state index in [4.69, 9.17) is 5.73 Å². The standard InChI is InChI=1S/C8H8N4/c9-5-4-6-2-1-3-7-8(6)11-12-10-7/h1-4H,5,9H2. The lowest BCUT2D eigenvalue weighted by molar-refractivity contribution is 1.08. The van der Waals surface area contributed by atoms with E-state index in [0.29, 0.717) is 6.54 Å². The Kier molecular flexibility index (Phi) is 1.68. The summed E-state index contributed by atoms with van der Waals surface area (Å²) >= 11 is 0. The summed E-state index contributed by atoms with van der Waals surface area (Å²) in [5.74, 6) is 0. The maximum Gasteiger partial charge on any atom is 0.122 e. The van der Waals surface area contributed by atoms with Gasteiger partial charge in [0.1, 0.15) is 11.0 Å². The molecule has 60 valence electrons. The molecule has 0 bridgehead atoms. The van der Waals surface area contributed by atoms with E-state index in [1.165, 1.54) is 0 Å². The van der Waals surface area contributed by atoms with E-state index >= 15 is 0 Å². The van der Waals surface area contributed by atoms with Crippen LogP contribution in [-0.2, 0) is 0 Å². The van der Waals surface area contributed by atoms with Crippen LogP contribution < -0.4 is 16.3 Å². The highest BCUT2D eigenvalue weighted by Crippen LogP contribution is 2.06. The van der Waals surface area contributed by atoms with Crippen molar-refractivity contribution in [3.05, 3.63) is 28.8 Å². The first-order chi connectivity index (χ1) is 5.92. The topological polar surface area (TPSA) is 63.1 Å². The quantitative estimate of drug-likeness (QED) is 0.620. The summed E-state index contributed by atoms with van der Waals surface area (Å²) in [6.45, 7) is 0.506. The Morgan fingerprint density at radius 2 is 2.33 bits per heavy atom. The third-order valence-corrected chi connectivity index (χ3v) is 1.68. The molecule has 2 N–H and O–H groups in total. The van der Waals surface area contributed by atoms with Crippen LogP contribution in [0.1, 0.15) is 0 Å². The molecule has 1 aliphatic rings. The van der Waals surface area contributed by atoms with Gasteiger partial charge in [0.05, 0.1) is 0 Å². The molecule has 0 saturated heterocycles. The van der Waals surface area contributed by atoms with Crippen LogP contribution in [-0.4, -0.2) is 6.54 Å². The lowest BCUT2D eigenvalue weighted by atomic mass is 10.2. The molecule has 4 heteroatoms. The van der Waals surface area contributed by atoms with E-state index < -0.39 is 0 Å². The minimum atomic E-state index is 0.506. The van der Waals surface area contributed by atoms with Crippen LogP contribution >= 0.6 is 0 Å². The monoisotopic (exact) mass is 160 g/mol. The largest absolute Gasteiger partial charge is 0.327 e. The predicted molar refractivity (Wildman–Crippen MR) is 45.3 cm³/mol. The van der Waals surface area contributed by atoms with Crippen LogP contribution in [0.15, 0.2) is 33.6 Å². The van der Waals surface area contributed by atoms with Crippen molar-refractivity contribution in [2.75, 3.05) is 6.54 Å². The number of rotatable bonds is 1. The van der Waals surface area contributed by atoms with Gasteiger partial charge in [0.2, 0.25) is 0 Å². The number of nitrogens with zero attached hydrogens (tertiary/aromatic N) is 3. The highest BCUT2D eigenvalue weighted by molar-refractivity contribution is 5.40. The smallest absolute Gasteiger partial charge is 0.122 e. The molecule has 0 atom stereocenters. The highest BCUT2D eigenvalue weighted by atomic mass is 15.4. The van der Waals surface area contributed by atoms with E-state index in [9.17, 15) is 0 Å². The number of benzene rings is 1. The molecule has 2 rings (SSSR count). The van der Waals surface area contributed by atoms with Crippen LogP contribution in [0.5, 0.6) is 0 Å². The van der Waals surface area contributed by atoms with Crippen LogP contribution in [0.25, 0.3) is 6.08 Å². The zero-order valence-corrected chi connectivity index (χ0v) is 6.44. The normalized spacial score (nSPS) is 14.6. The molecule has 0 spiro atoms. The van der Waals surface area contributed by atoms with Gasteiger partial charge in [0.15, 0.2) is 0 Å². The summed E-state index contributed by atoms with van der Waals surface area (Å²) in [4.78, 5) is 0. The van der Waals surface area contributed by atoms with Crippen LogP contribution in [0.3, 0.4) is 0 Å². The van der Waals surface area contributed by atoms with E-state index in [0.717, 1.165) is 16.3 Å². The third kappa shape index (κ3) is 1.02. The minimum absolute atomic E-state index is 0.506. The molecular weight excluding hydrogens is 152 g/mol. The Morgan fingerprint density at radius 1 is 1.42 bits per heavy atom. The van der Waals surface area contributed by atoms with Crippen molar-refractivity contribution >= 4 is 11.8 Å². The zero-order valence-electron chi connectivity index (χ0n) is 6.44. The Labute approximate surface area is 69.1 Å². The van der Waals surface area contributed by atoms with Crippen LogP contribution in [0, 0.1) is 0 Å². The molecule has 0 aromatic heterocycles. The summed E-state index contributed by atoms with van der Waals surface area (Å²) in [7, 11) is 0. The van der Waals surface area contributed by atoms with Gasteiger partial charge in [-0.25, -0.2) is 0 Å². The highest BCUT2D eigenvalue weighted by Gasteiger charge is 2.00. The zero-order chi connectivity index (χ0) is 8.39. The van der Waals surface area contributed by atoms with Gasteiger partial charge in [-0.1, -0.05) is 18.2 Å². The molecule has 1 aliphatic heterocycles. The van der Waals surface area contributed by atoms with Crippen molar-refractivity contribution in [3.63, 3.8) is 0 Å². The molecule has 12 heavy (non-hydrogen) atoms. The first-order valence-corrected chi connectivity index (χ1v) is 3.70. The van der Waals surface area contributed by atoms with Gasteiger partial charge >= 0.3 is 0 Å². The molecule has 1 aromatic carbocycles. The fourth-order valence-electron chi connectivity index (χ4n) is 1.15. The SMILES string of the molecule is NCC=c1cccc2c1=NN=N2. The van der Waals surface area contributed by atoms with Crippen LogP contribution in [0.4, 0.5) is 5.69 Å². The predicted octanol–water partition coefficient (Wildman–Crippen LogP) is 0.0577. The molecule has 1 aromatic rings. The Morgan fingerprint density at radius 3 is 3.17 bits per heavy atom. The van der Waals surface area contributed by atoms with Gasteiger partial charge in [-0.3, -0.25) is 0 Å². The Hall–Kier alpha value is -1.55. The van der Waals surface area contributed by atoms with E-state index in [2.05, 4.69) is 15.4 Å². The summed E-state index contributed by atoms with van der Waals surface area (Å²) < 4.78 is 0. The van der Waals surface area contributed by atoms with Gasteiger partial charge in [0, 0.05) is 11.8 Å². The Balaban J connectivity index is 2.76. The van der Waals surface area contributed by atoms with E-state index in [1.54, 1.807) is 0 Å². The van der Waals surface area contributed by atoms with Gasteiger partial charge in [-0.05, 0) is 11.3 Å². The minimum Gasteiger partial charge on any atom is -0.327 e. The fourth-order valence-corrected chi connectivity index (χ4v) is 1.15. The first-order valence-electron chi connectivity index (χ1n) is 3.70. The van der Waals surface area contributed by atoms with E-state index in [-0.39, 0.29) is 0 Å². The lowest BCUT2D eigenvalue weighted by Crippen LogP contribution is -2.24. The molecular formula is C8H8N4. The lowest BCUT2D eigenvalue weighted by Gasteiger charge is -1.87. The second-order valence-electron chi connectivity index (χ2n) is 2.44. The summed E-state index contributed by atoms with van der Waals surface area (Å²) in [5.41, 5.74) is 6.21. The van der Waals surface area contributed by atoms with Crippen molar-refractivity contribution in [1.82, 2.24) is 0 Å². The first kappa shape index (κ1) is 7.12. The molecule has 0 aliphatic carbocycles. The van der Waals surface area contributed by atoms with Gasteiger partial charge in [0.25, 0.3) is 0 Å². The van der Waals surface area contributed by atoms with Crippen molar-refractivity contribution in [2.24, 2.45) is 21.2 Å². The van der Waals surface area contributed by atoms with Gasteiger partial charge in [-0.15, -0.1) is 10.2 Å². The fraction of sp³-hybridized carbons (Fsp3) is 0.125. The molecule has 1 heterocycles. The second kappa shape index (κ2) is 2.83. The number of fused-ring (bicyclic) bond motifs is 1.